The summed E-state index contributed by atoms with van der Waals surface area (Å²) in [5.41, 5.74) is 7.77. The average Bonchev–Trinajstić information content (AvgIpc) is 2.29. The largest absolute Gasteiger partial charge is 0.384 e. The maximum Gasteiger partial charge on any atom is 0.162 e. The third-order valence-electron chi connectivity index (χ3n) is 2.42. The Balaban J connectivity index is 2.48. The number of halogens is 1. The molecule has 2 aromatic rings. The molecule has 88 valence electrons. The maximum atomic E-state index is 5.81. The Bertz CT molecular complexity index is 526. The smallest absolute Gasteiger partial charge is 0.162 e. The van der Waals surface area contributed by atoms with Crippen LogP contribution in [-0.2, 0) is 6.42 Å². The molecule has 0 spiro atoms. The fourth-order valence-electron chi connectivity index (χ4n) is 1.67. The molecule has 0 bridgehead atoms. The van der Waals surface area contributed by atoms with E-state index in [1.54, 1.807) is 0 Å². The molecule has 0 saturated heterocycles. The fourth-order valence-corrected chi connectivity index (χ4v) is 2.13. The van der Waals surface area contributed by atoms with Gasteiger partial charge in [0.05, 0.1) is 0 Å². The van der Waals surface area contributed by atoms with Crippen LogP contribution in [0, 0.1) is 0 Å². The van der Waals surface area contributed by atoms with Crippen molar-refractivity contribution in [1.82, 2.24) is 9.97 Å². The summed E-state index contributed by atoms with van der Waals surface area (Å²) in [7, 11) is 0. The molecule has 3 nitrogen and oxygen atoms in total. The van der Waals surface area contributed by atoms with Crippen molar-refractivity contribution < 1.29 is 0 Å². The molecule has 0 amide bonds. The number of rotatable bonds is 3. The molecule has 17 heavy (non-hydrogen) atoms. The van der Waals surface area contributed by atoms with E-state index in [2.05, 4.69) is 32.8 Å². The molecule has 0 atom stereocenters. The number of aryl methyl sites for hydroxylation is 1. The van der Waals surface area contributed by atoms with Crippen LogP contribution in [0.4, 0.5) is 5.82 Å². The lowest BCUT2D eigenvalue weighted by molar-refractivity contribution is 0.877. The molecular formula is C13H14BrN3. The number of benzene rings is 1. The lowest BCUT2D eigenvalue weighted by Crippen LogP contribution is -2.00. The van der Waals surface area contributed by atoms with Gasteiger partial charge in [0.1, 0.15) is 5.82 Å². The van der Waals surface area contributed by atoms with Crippen LogP contribution in [-0.4, -0.2) is 9.97 Å². The van der Waals surface area contributed by atoms with Crippen molar-refractivity contribution >= 4 is 21.7 Å². The normalized spacial score (nSPS) is 10.5. The summed E-state index contributed by atoms with van der Waals surface area (Å²) in [6.45, 7) is 2.12. The molecule has 0 aliphatic heterocycles. The van der Waals surface area contributed by atoms with Gasteiger partial charge in [-0.2, -0.15) is 0 Å². The fraction of sp³-hybridized carbons (Fsp3) is 0.231. The van der Waals surface area contributed by atoms with E-state index in [4.69, 9.17) is 5.73 Å². The Kier molecular flexibility index (Phi) is 3.74. The van der Waals surface area contributed by atoms with Crippen LogP contribution in [0.25, 0.3) is 11.4 Å². The Hall–Kier alpha value is -1.42. The Morgan fingerprint density at radius 2 is 2.00 bits per heavy atom. The van der Waals surface area contributed by atoms with Crippen LogP contribution in [0.1, 0.15) is 19.0 Å². The van der Waals surface area contributed by atoms with Gasteiger partial charge in [-0.15, -0.1) is 0 Å². The minimum Gasteiger partial charge on any atom is -0.384 e. The van der Waals surface area contributed by atoms with Crippen molar-refractivity contribution in [2.24, 2.45) is 0 Å². The molecule has 2 rings (SSSR count). The first kappa shape index (κ1) is 12.0. The molecule has 0 unspecified atom stereocenters. The summed E-state index contributed by atoms with van der Waals surface area (Å²) in [5.74, 6) is 1.20. The molecule has 0 fully saturated rings. The Labute approximate surface area is 109 Å². The number of nitrogen functional groups attached to an aromatic ring is 1. The molecule has 1 aromatic heterocycles. The van der Waals surface area contributed by atoms with Crippen molar-refractivity contribution in [3.05, 3.63) is 40.5 Å². The summed E-state index contributed by atoms with van der Waals surface area (Å²) in [6, 6.07) is 9.72. The van der Waals surface area contributed by atoms with Gasteiger partial charge in [0.25, 0.3) is 0 Å². The molecule has 0 radical (unpaired) electrons. The number of anilines is 1. The topological polar surface area (TPSA) is 51.8 Å². The SMILES string of the molecule is CCCc1cc(N)nc(-c2ccccc2Br)n1. The van der Waals surface area contributed by atoms with E-state index in [9.17, 15) is 0 Å². The number of hydrogen-bond acceptors (Lipinski definition) is 3. The minimum atomic E-state index is 0.522. The van der Waals surface area contributed by atoms with Gasteiger partial charge in [0.15, 0.2) is 5.82 Å². The Morgan fingerprint density at radius 3 is 2.71 bits per heavy atom. The highest BCUT2D eigenvalue weighted by atomic mass is 79.9. The van der Waals surface area contributed by atoms with Crippen molar-refractivity contribution in [2.75, 3.05) is 5.73 Å². The van der Waals surface area contributed by atoms with Crippen LogP contribution in [0.15, 0.2) is 34.8 Å². The van der Waals surface area contributed by atoms with Crippen LogP contribution in [0.3, 0.4) is 0 Å². The van der Waals surface area contributed by atoms with E-state index in [0.29, 0.717) is 11.6 Å². The molecule has 0 aliphatic rings. The van der Waals surface area contributed by atoms with Gasteiger partial charge in [-0.3, -0.25) is 0 Å². The second-order valence-corrected chi connectivity index (χ2v) is 4.69. The van der Waals surface area contributed by atoms with Gasteiger partial charge in [-0.25, -0.2) is 9.97 Å². The molecule has 1 heterocycles. The van der Waals surface area contributed by atoms with Gasteiger partial charge in [0, 0.05) is 21.8 Å². The second kappa shape index (κ2) is 5.27. The molecule has 1 aromatic carbocycles. The van der Waals surface area contributed by atoms with Gasteiger partial charge >= 0.3 is 0 Å². The molecule has 0 saturated carbocycles. The number of nitrogens with zero attached hydrogens (tertiary/aromatic N) is 2. The second-order valence-electron chi connectivity index (χ2n) is 3.84. The van der Waals surface area contributed by atoms with E-state index in [0.717, 1.165) is 28.6 Å². The molecular weight excluding hydrogens is 278 g/mol. The summed E-state index contributed by atoms with van der Waals surface area (Å²) in [4.78, 5) is 8.82. The molecule has 4 heteroatoms. The zero-order valence-electron chi connectivity index (χ0n) is 9.65. The predicted molar refractivity (Wildman–Crippen MR) is 73.6 cm³/mol. The van der Waals surface area contributed by atoms with Gasteiger partial charge in [-0.1, -0.05) is 47.5 Å². The van der Waals surface area contributed by atoms with Gasteiger partial charge < -0.3 is 5.73 Å². The molecule has 2 N–H and O–H groups in total. The first-order valence-electron chi connectivity index (χ1n) is 5.59. The predicted octanol–water partition coefficient (Wildman–Crippen LogP) is 3.44. The van der Waals surface area contributed by atoms with E-state index in [1.165, 1.54) is 0 Å². The first-order valence-corrected chi connectivity index (χ1v) is 6.38. The average molecular weight is 292 g/mol. The van der Waals surface area contributed by atoms with Crippen molar-refractivity contribution in [1.29, 1.82) is 0 Å². The van der Waals surface area contributed by atoms with Crippen molar-refractivity contribution in [3.63, 3.8) is 0 Å². The van der Waals surface area contributed by atoms with E-state index >= 15 is 0 Å². The first-order chi connectivity index (χ1) is 8.20. The number of hydrogen-bond donors (Lipinski definition) is 1. The Morgan fingerprint density at radius 1 is 1.24 bits per heavy atom. The van der Waals surface area contributed by atoms with Gasteiger partial charge in [-0.05, 0) is 12.5 Å². The van der Waals surface area contributed by atoms with E-state index in [-0.39, 0.29) is 0 Å². The highest BCUT2D eigenvalue weighted by Crippen LogP contribution is 2.25. The monoisotopic (exact) mass is 291 g/mol. The van der Waals surface area contributed by atoms with Crippen LogP contribution < -0.4 is 5.73 Å². The summed E-state index contributed by atoms with van der Waals surface area (Å²) >= 11 is 3.50. The lowest BCUT2D eigenvalue weighted by Gasteiger charge is -2.06. The standard InChI is InChI=1S/C13H14BrN3/c1-2-5-9-8-12(15)17-13(16-9)10-6-3-4-7-11(10)14/h3-4,6-8H,2,5H2,1H3,(H2,15,16,17). The number of aromatic nitrogens is 2. The quantitative estimate of drug-likeness (QED) is 0.942. The summed E-state index contributed by atoms with van der Waals surface area (Å²) in [5, 5.41) is 0. The molecule has 0 aliphatic carbocycles. The zero-order chi connectivity index (χ0) is 12.3. The van der Waals surface area contributed by atoms with Crippen molar-refractivity contribution in [2.45, 2.75) is 19.8 Å². The summed E-state index contributed by atoms with van der Waals surface area (Å²) in [6.07, 6.45) is 1.97. The number of nitrogens with two attached hydrogens (primary N) is 1. The maximum absolute atomic E-state index is 5.81. The van der Waals surface area contributed by atoms with Gasteiger partial charge in [0.2, 0.25) is 0 Å². The van der Waals surface area contributed by atoms with Crippen LogP contribution >= 0.6 is 15.9 Å². The van der Waals surface area contributed by atoms with Crippen molar-refractivity contribution in [3.8, 4) is 11.4 Å². The van der Waals surface area contributed by atoms with Crippen LogP contribution in [0.5, 0.6) is 0 Å². The summed E-state index contributed by atoms with van der Waals surface area (Å²) < 4.78 is 0.980. The zero-order valence-corrected chi connectivity index (χ0v) is 11.2. The van der Waals surface area contributed by atoms with Crippen LogP contribution in [0.2, 0.25) is 0 Å². The van der Waals surface area contributed by atoms with E-state index < -0.39 is 0 Å². The lowest BCUT2D eigenvalue weighted by atomic mass is 10.2. The highest BCUT2D eigenvalue weighted by molar-refractivity contribution is 9.10. The third kappa shape index (κ3) is 2.82. The van der Waals surface area contributed by atoms with E-state index in [1.807, 2.05) is 30.3 Å². The third-order valence-corrected chi connectivity index (χ3v) is 3.11. The minimum absolute atomic E-state index is 0.522. The highest BCUT2D eigenvalue weighted by Gasteiger charge is 2.07.